The van der Waals surface area contributed by atoms with E-state index in [4.69, 9.17) is 0 Å². The largest absolute Gasteiger partial charge is 0.359 e. The Balaban J connectivity index is 3.98. The van der Waals surface area contributed by atoms with Gasteiger partial charge in [-0.15, -0.1) is 0 Å². The molecule has 0 saturated carbocycles. The highest BCUT2D eigenvalue weighted by Crippen LogP contribution is 2.12. The van der Waals surface area contributed by atoms with Crippen molar-refractivity contribution >= 4 is 11.8 Å². The summed E-state index contributed by atoms with van der Waals surface area (Å²) in [5.41, 5.74) is -0.571. The minimum absolute atomic E-state index is 0.0812. The van der Waals surface area contributed by atoms with Gasteiger partial charge in [-0.3, -0.25) is 9.59 Å². The molecule has 0 saturated heterocycles. The molecule has 5 heteroatoms. The van der Waals surface area contributed by atoms with Crippen LogP contribution in [-0.2, 0) is 9.59 Å². The molecule has 0 atom stereocenters. The molecule has 0 fully saturated rings. The summed E-state index contributed by atoms with van der Waals surface area (Å²) >= 11 is 0. The van der Waals surface area contributed by atoms with Crippen LogP contribution < -0.4 is 16.0 Å². The lowest BCUT2D eigenvalue weighted by atomic mass is 9.92. The summed E-state index contributed by atoms with van der Waals surface area (Å²) in [7, 11) is 3.28. The van der Waals surface area contributed by atoms with Gasteiger partial charge >= 0.3 is 0 Å². The monoisotopic (exact) mass is 201 g/mol. The first-order chi connectivity index (χ1) is 6.44. The van der Waals surface area contributed by atoms with Crippen LogP contribution in [-0.4, -0.2) is 39.0 Å². The van der Waals surface area contributed by atoms with Crippen LogP contribution in [0, 0.1) is 5.41 Å². The van der Waals surface area contributed by atoms with E-state index in [-0.39, 0.29) is 18.4 Å². The molecule has 0 bridgehead atoms. The lowest BCUT2D eigenvalue weighted by Crippen LogP contribution is -2.45. The summed E-state index contributed by atoms with van der Waals surface area (Å²) in [6.45, 7) is 4.17. The van der Waals surface area contributed by atoms with Gasteiger partial charge < -0.3 is 16.0 Å². The van der Waals surface area contributed by atoms with Crippen LogP contribution in [0.3, 0.4) is 0 Å². The molecule has 5 nitrogen and oxygen atoms in total. The van der Waals surface area contributed by atoms with Crippen molar-refractivity contribution in [3.63, 3.8) is 0 Å². The number of nitrogens with one attached hydrogen (secondary N) is 3. The Morgan fingerprint density at radius 2 is 1.79 bits per heavy atom. The molecule has 0 spiro atoms. The van der Waals surface area contributed by atoms with Crippen molar-refractivity contribution in [3.05, 3.63) is 0 Å². The van der Waals surface area contributed by atoms with Crippen molar-refractivity contribution < 1.29 is 9.59 Å². The van der Waals surface area contributed by atoms with Gasteiger partial charge in [0.05, 0.1) is 12.0 Å². The summed E-state index contributed by atoms with van der Waals surface area (Å²) in [4.78, 5) is 22.4. The number of amides is 2. The fourth-order valence-corrected chi connectivity index (χ4v) is 0.961. The van der Waals surface area contributed by atoms with Crippen molar-refractivity contribution in [1.29, 1.82) is 0 Å². The van der Waals surface area contributed by atoms with Gasteiger partial charge in [-0.25, -0.2) is 0 Å². The number of carbonyl (C=O) groups is 2. The van der Waals surface area contributed by atoms with E-state index in [1.807, 2.05) is 0 Å². The molecule has 0 aliphatic carbocycles. The summed E-state index contributed by atoms with van der Waals surface area (Å²) in [6, 6.07) is 0. The van der Waals surface area contributed by atoms with Crippen molar-refractivity contribution in [2.45, 2.75) is 13.8 Å². The Kier molecular flexibility index (Phi) is 5.15. The summed E-state index contributed by atoms with van der Waals surface area (Å²) in [5, 5.41) is 7.97. The molecule has 0 aliphatic rings. The predicted molar refractivity (Wildman–Crippen MR) is 54.8 cm³/mol. The van der Waals surface area contributed by atoms with E-state index in [9.17, 15) is 9.59 Å². The maximum atomic E-state index is 11.3. The lowest BCUT2D eigenvalue weighted by Gasteiger charge is -2.22. The first kappa shape index (κ1) is 12.9. The number of rotatable bonds is 5. The second-order valence-corrected chi connectivity index (χ2v) is 3.77. The van der Waals surface area contributed by atoms with Crippen LogP contribution >= 0.6 is 0 Å². The molecule has 3 N–H and O–H groups in total. The minimum Gasteiger partial charge on any atom is -0.359 e. The maximum absolute atomic E-state index is 11.3. The predicted octanol–water partition coefficient (Wildman–Crippen LogP) is -0.906. The quantitative estimate of drug-likeness (QED) is 0.539. The Labute approximate surface area is 84.6 Å². The number of likely N-dealkylation sites (N-methyl/N-ethyl adjacent to an activating group) is 1. The van der Waals surface area contributed by atoms with Gasteiger partial charge in [0.1, 0.15) is 0 Å². The topological polar surface area (TPSA) is 70.2 Å². The summed E-state index contributed by atoms with van der Waals surface area (Å²) < 4.78 is 0. The zero-order valence-electron chi connectivity index (χ0n) is 9.23. The second kappa shape index (κ2) is 5.59. The molecule has 82 valence electrons. The van der Waals surface area contributed by atoms with E-state index in [1.165, 1.54) is 0 Å². The SMILES string of the molecule is CNCC(=O)NCC(C)(C)C(=O)NC. The van der Waals surface area contributed by atoms with E-state index < -0.39 is 5.41 Å². The third kappa shape index (κ3) is 4.23. The van der Waals surface area contributed by atoms with Gasteiger partial charge in [-0.05, 0) is 20.9 Å². The van der Waals surface area contributed by atoms with Crippen molar-refractivity contribution in [2.24, 2.45) is 5.41 Å². The molecule has 0 aliphatic heterocycles. The van der Waals surface area contributed by atoms with E-state index in [2.05, 4.69) is 16.0 Å². The Bertz CT molecular complexity index is 214. The van der Waals surface area contributed by atoms with Gasteiger partial charge in [0.2, 0.25) is 11.8 Å². The molecule has 0 rings (SSSR count). The van der Waals surface area contributed by atoms with Gasteiger partial charge in [0.15, 0.2) is 0 Å². The van der Waals surface area contributed by atoms with E-state index in [0.29, 0.717) is 6.54 Å². The molecule has 0 aromatic carbocycles. The Morgan fingerprint density at radius 3 is 2.21 bits per heavy atom. The molecule has 0 radical (unpaired) electrons. The van der Waals surface area contributed by atoms with Crippen LogP contribution in [0.4, 0.5) is 0 Å². The first-order valence-electron chi connectivity index (χ1n) is 4.57. The first-order valence-corrected chi connectivity index (χ1v) is 4.57. The smallest absolute Gasteiger partial charge is 0.233 e. The van der Waals surface area contributed by atoms with Crippen molar-refractivity contribution in [2.75, 3.05) is 27.2 Å². The van der Waals surface area contributed by atoms with Crippen molar-refractivity contribution in [3.8, 4) is 0 Å². The molecule has 14 heavy (non-hydrogen) atoms. The highest BCUT2D eigenvalue weighted by atomic mass is 16.2. The number of carbonyl (C=O) groups excluding carboxylic acids is 2. The zero-order valence-corrected chi connectivity index (χ0v) is 9.23. The molecule has 2 amide bonds. The fraction of sp³-hybridized carbons (Fsp3) is 0.778. The summed E-state index contributed by atoms with van der Waals surface area (Å²) in [6.07, 6.45) is 0. The van der Waals surface area contributed by atoms with Crippen molar-refractivity contribution in [1.82, 2.24) is 16.0 Å². The Hall–Kier alpha value is -1.10. The molecule has 0 heterocycles. The van der Waals surface area contributed by atoms with E-state index in [1.54, 1.807) is 27.9 Å². The minimum atomic E-state index is -0.571. The highest BCUT2D eigenvalue weighted by Gasteiger charge is 2.26. The van der Waals surface area contributed by atoms with Crippen LogP contribution in [0.1, 0.15) is 13.8 Å². The molecule has 0 aromatic rings. The van der Waals surface area contributed by atoms with Crippen LogP contribution in [0.15, 0.2) is 0 Å². The van der Waals surface area contributed by atoms with Gasteiger partial charge in [0.25, 0.3) is 0 Å². The van der Waals surface area contributed by atoms with Gasteiger partial charge in [-0.1, -0.05) is 0 Å². The van der Waals surface area contributed by atoms with Gasteiger partial charge in [0, 0.05) is 13.6 Å². The van der Waals surface area contributed by atoms with E-state index >= 15 is 0 Å². The van der Waals surface area contributed by atoms with E-state index in [0.717, 1.165) is 0 Å². The number of hydrogen-bond donors (Lipinski definition) is 3. The maximum Gasteiger partial charge on any atom is 0.233 e. The molecule has 0 unspecified atom stereocenters. The second-order valence-electron chi connectivity index (χ2n) is 3.77. The standard InChI is InChI=1S/C9H19N3O2/c1-9(2,8(14)11-4)6-12-7(13)5-10-3/h10H,5-6H2,1-4H3,(H,11,14)(H,12,13). The Morgan fingerprint density at radius 1 is 1.21 bits per heavy atom. The molecular weight excluding hydrogens is 182 g/mol. The average Bonchev–Trinajstić information content (AvgIpc) is 2.14. The fourth-order valence-electron chi connectivity index (χ4n) is 0.961. The average molecular weight is 201 g/mol. The highest BCUT2D eigenvalue weighted by molar-refractivity contribution is 5.83. The van der Waals surface area contributed by atoms with Gasteiger partial charge in [-0.2, -0.15) is 0 Å². The molecular formula is C9H19N3O2. The van der Waals surface area contributed by atoms with Crippen LogP contribution in [0.5, 0.6) is 0 Å². The number of hydrogen-bond acceptors (Lipinski definition) is 3. The lowest BCUT2D eigenvalue weighted by molar-refractivity contribution is -0.129. The molecule has 0 aromatic heterocycles. The van der Waals surface area contributed by atoms with Crippen LogP contribution in [0.25, 0.3) is 0 Å². The summed E-state index contributed by atoms with van der Waals surface area (Å²) in [5.74, 6) is -0.188. The van der Waals surface area contributed by atoms with Crippen LogP contribution in [0.2, 0.25) is 0 Å². The third-order valence-electron chi connectivity index (χ3n) is 1.91. The third-order valence-corrected chi connectivity index (χ3v) is 1.91. The zero-order chi connectivity index (χ0) is 11.2. The normalized spacial score (nSPS) is 10.9.